The summed E-state index contributed by atoms with van der Waals surface area (Å²) in [5.74, 6) is -2.85. The number of hydrogen-bond acceptors (Lipinski definition) is 5. The maximum atomic E-state index is 12.3. The van der Waals surface area contributed by atoms with Crippen molar-refractivity contribution in [3.63, 3.8) is 0 Å². The van der Waals surface area contributed by atoms with Gasteiger partial charge in [-0.1, -0.05) is 0 Å². The molecular formula is C14H14F2N2O4. The summed E-state index contributed by atoms with van der Waals surface area (Å²) in [6.07, 6.45) is -1.28. The molecule has 0 bridgehead atoms. The van der Waals surface area contributed by atoms with E-state index in [2.05, 4.69) is 5.10 Å². The molecule has 0 saturated heterocycles. The van der Waals surface area contributed by atoms with Crippen LogP contribution in [-0.4, -0.2) is 48.7 Å². The predicted octanol–water partition coefficient (Wildman–Crippen LogP) is 1.76. The highest BCUT2D eigenvalue weighted by Gasteiger charge is 2.26. The van der Waals surface area contributed by atoms with Gasteiger partial charge in [0.1, 0.15) is 11.3 Å². The van der Waals surface area contributed by atoms with Gasteiger partial charge in [-0.25, -0.2) is 13.6 Å². The van der Waals surface area contributed by atoms with E-state index in [1.165, 1.54) is 20.4 Å². The molecule has 1 aromatic rings. The van der Waals surface area contributed by atoms with Crippen LogP contribution in [0.2, 0.25) is 0 Å². The van der Waals surface area contributed by atoms with Gasteiger partial charge in [-0.3, -0.25) is 9.80 Å². The molecule has 0 aliphatic heterocycles. The van der Waals surface area contributed by atoms with Crippen LogP contribution in [0, 0.1) is 0 Å². The smallest absolute Gasteiger partial charge is 0.341 e. The fraction of sp³-hybridized carbons (Fsp3) is 0.214. The van der Waals surface area contributed by atoms with Crippen LogP contribution in [0.4, 0.5) is 8.78 Å². The van der Waals surface area contributed by atoms with Gasteiger partial charge < -0.3 is 9.84 Å². The first kappa shape index (κ1) is 17.3. The van der Waals surface area contributed by atoms with E-state index >= 15 is 0 Å². The third-order valence-corrected chi connectivity index (χ3v) is 2.51. The van der Waals surface area contributed by atoms with Gasteiger partial charge in [0.05, 0.1) is 13.3 Å². The minimum absolute atomic E-state index is 0.654. The summed E-state index contributed by atoms with van der Waals surface area (Å²) in [4.78, 5) is 21.9. The van der Waals surface area contributed by atoms with Crippen molar-refractivity contribution < 1.29 is 28.2 Å². The van der Waals surface area contributed by atoms with Crippen LogP contribution in [-0.2, 0) is 9.59 Å². The quantitative estimate of drug-likeness (QED) is 0.273. The van der Waals surface area contributed by atoms with E-state index < -0.39 is 23.8 Å². The molecule has 0 spiro atoms. The summed E-state index contributed by atoms with van der Waals surface area (Å²) < 4.78 is 29.6. The minimum atomic E-state index is -3.39. The number of rotatable bonds is 7. The Labute approximate surface area is 125 Å². The predicted molar refractivity (Wildman–Crippen MR) is 75.1 cm³/mol. The maximum Gasteiger partial charge on any atom is 0.341 e. The highest BCUT2D eigenvalue weighted by molar-refractivity contribution is 6.17. The highest BCUT2D eigenvalue weighted by Crippen LogP contribution is 2.10. The number of hydrazone groups is 1. The number of carbonyl (C=O) groups is 2. The molecule has 0 atom stereocenters. The molecule has 0 fully saturated rings. The van der Waals surface area contributed by atoms with Crippen molar-refractivity contribution in [2.45, 2.75) is 6.43 Å². The van der Waals surface area contributed by atoms with Gasteiger partial charge in [0.2, 0.25) is 5.78 Å². The van der Waals surface area contributed by atoms with E-state index in [0.717, 1.165) is 11.2 Å². The molecule has 0 radical (unpaired) electrons. The van der Waals surface area contributed by atoms with Gasteiger partial charge in [0.15, 0.2) is 0 Å². The Hall–Kier alpha value is -2.77. The van der Waals surface area contributed by atoms with E-state index in [9.17, 15) is 18.4 Å². The Morgan fingerprint density at radius 3 is 2.36 bits per heavy atom. The molecule has 0 aromatic heterocycles. The first-order valence-electron chi connectivity index (χ1n) is 6.03. The number of carbonyl (C=O) groups excluding carboxylic acids is 1. The van der Waals surface area contributed by atoms with Gasteiger partial charge in [-0.2, -0.15) is 5.10 Å². The average molecular weight is 312 g/mol. The lowest BCUT2D eigenvalue weighted by Gasteiger charge is -2.08. The fourth-order valence-corrected chi connectivity index (χ4v) is 1.41. The van der Waals surface area contributed by atoms with Gasteiger partial charge in [0, 0.05) is 13.2 Å². The van der Waals surface area contributed by atoms with Crippen molar-refractivity contribution in [3.8, 4) is 5.75 Å². The number of nitrogens with zero attached hydrogens (tertiary/aromatic N) is 2. The van der Waals surface area contributed by atoms with Crippen LogP contribution >= 0.6 is 0 Å². The third kappa shape index (κ3) is 4.97. The summed E-state index contributed by atoms with van der Waals surface area (Å²) in [5, 5.41) is 13.6. The van der Waals surface area contributed by atoms with Crippen LogP contribution < -0.4 is 4.74 Å². The van der Waals surface area contributed by atoms with Gasteiger partial charge >= 0.3 is 12.4 Å². The summed E-state index contributed by atoms with van der Waals surface area (Å²) >= 11 is 0. The number of methoxy groups -OCH3 is 1. The summed E-state index contributed by atoms with van der Waals surface area (Å²) in [6, 6.07) is 6.78. The first-order chi connectivity index (χ1) is 10.3. The maximum absolute atomic E-state index is 12.3. The number of carboxylic acid groups (broad SMARTS) is 1. The monoisotopic (exact) mass is 312 g/mol. The Bertz CT molecular complexity index is 597. The van der Waals surface area contributed by atoms with Crippen LogP contribution in [0.25, 0.3) is 0 Å². The SMILES string of the molecule is COc1ccc(C=NN(C)C=C(C(=O)O)C(=O)C(F)F)cc1. The van der Waals surface area contributed by atoms with Crippen molar-refractivity contribution >= 4 is 18.0 Å². The number of hydrogen-bond donors (Lipinski definition) is 1. The van der Waals surface area contributed by atoms with Crippen LogP contribution in [0.15, 0.2) is 41.1 Å². The van der Waals surface area contributed by atoms with Crippen molar-refractivity contribution in [1.29, 1.82) is 0 Å². The number of halogens is 2. The highest BCUT2D eigenvalue weighted by atomic mass is 19.3. The van der Waals surface area contributed by atoms with Gasteiger partial charge in [0.25, 0.3) is 0 Å². The zero-order chi connectivity index (χ0) is 16.7. The molecule has 0 aliphatic carbocycles. The standard InChI is InChI=1S/C14H14F2N2O4/c1-18(8-11(14(20)21)12(19)13(15)16)17-7-9-3-5-10(22-2)6-4-9/h3-8,13H,1-2H3,(H,20,21). The van der Waals surface area contributed by atoms with E-state index in [1.54, 1.807) is 24.3 Å². The Morgan fingerprint density at radius 1 is 1.32 bits per heavy atom. The number of aliphatic carboxylic acids is 1. The number of carboxylic acids is 1. The van der Waals surface area contributed by atoms with Crippen LogP contribution in [0.1, 0.15) is 5.56 Å². The summed E-state index contributed by atoms with van der Waals surface area (Å²) in [6.45, 7) is 0. The molecule has 0 amide bonds. The van der Waals surface area contributed by atoms with E-state index in [1.807, 2.05) is 0 Å². The van der Waals surface area contributed by atoms with Crippen molar-refractivity contribution in [2.24, 2.45) is 5.10 Å². The molecule has 6 nitrogen and oxygen atoms in total. The average Bonchev–Trinajstić information content (AvgIpc) is 2.50. The van der Waals surface area contributed by atoms with Gasteiger partial charge in [-0.05, 0) is 29.8 Å². The number of ether oxygens (including phenoxy) is 1. The zero-order valence-corrected chi connectivity index (χ0v) is 11.9. The first-order valence-corrected chi connectivity index (χ1v) is 6.03. The van der Waals surface area contributed by atoms with E-state index in [-0.39, 0.29) is 0 Å². The Balaban J connectivity index is 2.86. The second-order valence-corrected chi connectivity index (χ2v) is 4.10. The van der Waals surface area contributed by atoms with Crippen molar-refractivity contribution in [3.05, 3.63) is 41.6 Å². The lowest BCUT2D eigenvalue weighted by molar-refractivity contribution is -0.137. The molecule has 0 unspecified atom stereocenters. The van der Waals surface area contributed by atoms with Crippen LogP contribution in [0.5, 0.6) is 5.75 Å². The molecule has 1 aromatic carbocycles. The van der Waals surface area contributed by atoms with Crippen molar-refractivity contribution in [2.75, 3.05) is 14.2 Å². The number of benzene rings is 1. The molecule has 22 heavy (non-hydrogen) atoms. The van der Waals surface area contributed by atoms with E-state index in [4.69, 9.17) is 9.84 Å². The Kier molecular flexibility index (Phi) is 6.18. The Morgan fingerprint density at radius 2 is 1.91 bits per heavy atom. The molecule has 1 N–H and O–H groups in total. The zero-order valence-electron chi connectivity index (χ0n) is 11.9. The third-order valence-electron chi connectivity index (χ3n) is 2.51. The molecule has 118 valence electrons. The lowest BCUT2D eigenvalue weighted by atomic mass is 10.2. The summed E-state index contributed by atoms with van der Waals surface area (Å²) in [5.41, 5.74) is -0.359. The topological polar surface area (TPSA) is 79.2 Å². The molecule has 1 rings (SSSR count). The van der Waals surface area contributed by atoms with Crippen LogP contribution in [0.3, 0.4) is 0 Å². The second kappa shape index (κ2) is 7.87. The fourth-order valence-electron chi connectivity index (χ4n) is 1.41. The summed E-state index contributed by atoms with van der Waals surface area (Å²) in [7, 11) is 2.84. The molecule has 0 heterocycles. The molecule has 0 aliphatic rings. The molecular weight excluding hydrogens is 298 g/mol. The number of Topliss-reactive ketones (excluding diaryl/α,β-unsaturated/α-hetero) is 1. The van der Waals surface area contributed by atoms with Crippen molar-refractivity contribution in [1.82, 2.24) is 5.01 Å². The second-order valence-electron chi connectivity index (χ2n) is 4.10. The number of alkyl halides is 2. The van der Waals surface area contributed by atoms with E-state index in [0.29, 0.717) is 11.3 Å². The molecule has 8 heteroatoms. The normalized spacial score (nSPS) is 11.8. The van der Waals surface area contributed by atoms with Gasteiger partial charge in [-0.15, -0.1) is 0 Å². The number of ketones is 1. The lowest BCUT2D eigenvalue weighted by Crippen LogP contribution is -2.21. The molecule has 0 saturated carbocycles. The minimum Gasteiger partial charge on any atom is -0.497 e. The largest absolute Gasteiger partial charge is 0.497 e.